The Morgan fingerprint density at radius 1 is 1.38 bits per heavy atom. The van der Waals surface area contributed by atoms with E-state index >= 15 is 0 Å². The van der Waals surface area contributed by atoms with Crippen molar-refractivity contribution in [2.24, 2.45) is 5.73 Å². The van der Waals surface area contributed by atoms with Gasteiger partial charge < -0.3 is 10.5 Å². The van der Waals surface area contributed by atoms with Crippen LogP contribution in [0.3, 0.4) is 0 Å². The Hall–Kier alpha value is -1.23. The minimum absolute atomic E-state index is 0.546. The molecule has 0 saturated carbocycles. The van der Waals surface area contributed by atoms with Crippen LogP contribution in [0, 0.1) is 0 Å². The zero-order valence-electron chi connectivity index (χ0n) is 9.14. The quantitative estimate of drug-likeness (QED) is 0.883. The van der Waals surface area contributed by atoms with Gasteiger partial charge in [0.05, 0.1) is 6.61 Å². The van der Waals surface area contributed by atoms with E-state index < -0.39 is 0 Å². The first-order chi connectivity index (χ1) is 7.85. The van der Waals surface area contributed by atoms with E-state index in [1.165, 1.54) is 0 Å². The van der Waals surface area contributed by atoms with Crippen molar-refractivity contribution in [3.63, 3.8) is 0 Å². The maximum atomic E-state index is 5.58. The summed E-state index contributed by atoms with van der Waals surface area (Å²) in [6, 6.07) is 8.14. The van der Waals surface area contributed by atoms with Crippen LogP contribution < -0.4 is 5.73 Å². The summed E-state index contributed by atoms with van der Waals surface area (Å²) in [4.78, 5) is 5.48. The molecule has 0 aliphatic heterocycles. The van der Waals surface area contributed by atoms with E-state index in [1.54, 1.807) is 18.4 Å². The largest absolute Gasteiger partial charge is 0.380 e. The number of nitrogens with zero attached hydrogens (tertiary/aromatic N) is 1. The van der Waals surface area contributed by atoms with Crippen molar-refractivity contribution in [1.29, 1.82) is 0 Å². The maximum absolute atomic E-state index is 5.58. The molecule has 3 nitrogen and oxygen atoms in total. The van der Waals surface area contributed by atoms with Crippen LogP contribution in [-0.2, 0) is 17.9 Å². The first kappa shape index (κ1) is 11.3. The maximum Gasteiger partial charge on any atom is 0.123 e. The van der Waals surface area contributed by atoms with Gasteiger partial charge in [0.15, 0.2) is 0 Å². The molecule has 0 spiro atoms. The van der Waals surface area contributed by atoms with Gasteiger partial charge in [0.1, 0.15) is 5.01 Å². The second kappa shape index (κ2) is 5.21. The highest BCUT2D eigenvalue weighted by atomic mass is 32.1. The lowest BCUT2D eigenvalue weighted by atomic mass is 10.1. The van der Waals surface area contributed by atoms with E-state index in [0.29, 0.717) is 13.2 Å². The van der Waals surface area contributed by atoms with Crippen LogP contribution in [0.15, 0.2) is 30.5 Å². The predicted octanol–water partition coefficient (Wildman–Crippen LogP) is 2.42. The predicted molar refractivity (Wildman–Crippen MR) is 66.2 cm³/mol. The fourth-order valence-electron chi connectivity index (χ4n) is 1.54. The Morgan fingerprint density at radius 3 is 2.88 bits per heavy atom. The number of benzene rings is 1. The lowest BCUT2D eigenvalue weighted by Gasteiger charge is -2.05. The fourth-order valence-corrected chi connectivity index (χ4v) is 2.39. The van der Waals surface area contributed by atoms with Crippen molar-refractivity contribution in [2.75, 3.05) is 7.11 Å². The van der Waals surface area contributed by atoms with Crippen LogP contribution in [0.5, 0.6) is 0 Å². The molecule has 0 unspecified atom stereocenters. The van der Waals surface area contributed by atoms with Crippen LogP contribution in [-0.4, -0.2) is 12.1 Å². The van der Waals surface area contributed by atoms with E-state index in [2.05, 4.69) is 17.1 Å². The smallest absolute Gasteiger partial charge is 0.123 e. The summed E-state index contributed by atoms with van der Waals surface area (Å²) in [7, 11) is 1.70. The number of hydrogen-bond donors (Lipinski definition) is 1. The Kier molecular flexibility index (Phi) is 3.66. The van der Waals surface area contributed by atoms with Gasteiger partial charge in [-0.1, -0.05) is 24.3 Å². The molecule has 0 saturated heterocycles. The number of aromatic nitrogens is 1. The summed E-state index contributed by atoms with van der Waals surface area (Å²) in [5.41, 5.74) is 7.87. The van der Waals surface area contributed by atoms with Crippen LogP contribution in [0.1, 0.15) is 10.4 Å². The average molecular weight is 234 g/mol. The zero-order chi connectivity index (χ0) is 11.4. The van der Waals surface area contributed by atoms with Crippen molar-refractivity contribution in [2.45, 2.75) is 13.2 Å². The molecule has 0 fully saturated rings. The van der Waals surface area contributed by atoms with Gasteiger partial charge >= 0.3 is 0 Å². The van der Waals surface area contributed by atoms with Crippen molar-refractivity contribution < 1.29 is 4.74 Å². The molecule has 0 atom stereocenters. The minimum atomic E-state index is 0.546. The van der Waals surface area contributed by atoms with Crippen LogP contribution >= 0.6 is 11.3 Å². The van der Waals surface area contributed by atoms with E-state index in [4.69, 9.17) is 10.5 Å². The van der Waals surface area contributed by atoms with Gasteiger partial charge in [0, 0.05) is 30.3 Å². The van der Waals surface area contributed by atoms with E-state index in [1.807, 2.05) is 18.3 Å². The number of ether oxygens (including phenoxy) is 1. The first-order valence-corrected chi connectivity index (χ1v) is 5.88. The molecule has 2 N–H and O–H groups in total. The van der Waals surface area contributed by atoms with Crippen molar-refractivity contribution >= 4 is 11.3 Å². The van der Waals surface area contributed by atoms with Gasteiger partial charge in [-0.2, -0.15) is 0 Å². The summed E-state index contributed by atoms with van der Waals surface area (Å²) < 4.78 is 5.18. The van der Waals surface area contributed by atoms with Crippen LogP contribution in [0.4, 0.5) is 0 Å². The monoisotopic (exact) mass is 234 g/mol. The van der Waals surface area contributed by atoms with Gasteiger partial charge in [0.25, 0.3) is 0 Å². The number of nitrogens with two attached hydrogens (primary N) is 1. The van der Waals surface area contributed by atoms with Crippen LogP contribution in [0.25, 0.3) is 10.6 Å². The first-order valence-electron chi connectivity index (χ1n) is 5.07. The number of thiazole rings is 1. The van der Waals surface area contributed by atoms with Crippen molar-refractivity contribution in [1.82, 2.24) is 4.98 Å². The van der Waals surface area contributed by atoms with E-state index in [0.717, 1.165) is 21.0 Å². The molecule has 0 aliphatic carbocycles. The summed E-state index contributed by atoms with van der Waals surface area (Å²) in [6.07, 6.45) is 1.84. The molecule has 0 aliphatic rings. The molecule has 2 aromatic rings. The molecule has 84 valence electrons. The standard InChI is InChI=1S/C12H14N2OS/c1-15-8-9-4-2-3-5-11(9)12-14-7-10(6-13)16-12/h2-5,7H,6,8,13H2,1H3. The third kappa shape index (κ3) is 2.29. The minimum Gasteiger partial charge on any atom is -0.380 e. The summed E-state index contributed by atoms with van der Waals surface area (Å²) >= 11 is 1.63. The molecule has 1 heterocycles. The third-order valence-electron chi connectivity index (χ3n) is 2.30. The highest BCUT2D eigenvalue weighted by molar-refractivity contribution is 7.15. The number of rotatable bonds is 4. The van der Waals surface area contributed by atoms with Gasteiger partial charge in [-0.3, -0.25) is 0 Å². The summed E-state index contributed by atoms with van der Waals surface area (Å²) in [6.45, 7) is 1.15. The molecule has 1 aromatic carbocycles. The van der Waals surface area contributed by atoms with E-state index in [-0.39, 0.29) is 0 Å². The highest BCUT2D eigenvalue weighted by Gasteiger charge is 2.08. The molecular formula is C12H14N2OS. The topological polar surface area (TPSA) is 48.1 Å². The Bertz CT molecular complexity index is 468. The normalized spacial score (nSPS) is 10.6. The second-order valence-corrected chi connectivity index (χ2v) is 4.54. The third-order valence-corrected chi connectivity index (χ3v) is 3.36. The molecule has 0 bridgehead atoms. The molecule has 0 amide bonds. The van der Waals surface area contributed by atoms with E-state index in [9.17, 15) is 0 Å². The summed E-state index contributed by atoms with van der Waals surface area (Å²) in [5, 5.41) is 1.01. The Balaban J connectivity index is 2.38. The second-order valence-electron chi connectivity index (χ2n) is 3.43. The number of hydrogen-bond acceptors (Lipinski definition) is 4. The van der Waals surface area contributed by atoms with Gasteiger partial charge in [-0.15, -0.1) is 11.3 Å². The van der Waals surface area contributed by atoms with Gasteiger partial charge in [0.2, 0.25) is 0 Å². The Labute approximate surface area is 98.9 Å². The Morgan fingerprint density at radius 2 is 2.19 bits per heavy atom. The molecule has 16 heavy (non-hydrogen) atoms. The molecular weight excluding hydrogens is 220 g/mol. The molecule has 1 aromatic heterocycles. The number of methoxy groups -OCH3 is 1. The summed E-state index contributed by atoms with van der Waals surface area (Å²) in [5.74, 6) is 0. The lowest BCUT2D eigenvalue weighted by Crippen LogP contribution is -1.91. The highest BCUT2D eigenvalue weighted by Crippen LogP contribution is 2.28. The molecule has 4 heteroatoms. The SMILES string of the molecule is COCc1ccccc1-c1ncc(CN)s1. The van der Waals surface area contributed by atoms with Crippen molar-refractivity contribution in [3.05, 3.63) is 40.9 Å². The lowest BCUT2D eigenvalue weighted by molar-refractivity contribution is 0.185. The fraction of sp³-hybridized carbons (Fsp3) is 0.250. The van der Waals surface area contributed by atoms with Crippen molar-refractivity contribution in [3.8, 4) is 10.6 Å². The zero-order valence-corrected chi connectivity index (χ0v) is 9.96. The van der Waals surface area contributed by atoms with Gasteiger partial charge in [-0.05, 0) is 5.56 Å². The van der Waals surface area contributed by atoms with Gasteiger partial charge in [-0.25, -0.2) is 4.98 Å². The molecule has 2 rings (SSSR count). The molecule has 0 radical (unpaired) electrons. The average Bonchev–Trinajstić information content (AvgIpc) is 2.79. The van der Waals surface area contributed by atoms with Crippen LogP contribution in [0.2, 0.25) is 0 Å².